The van der Waals surface area contributed by atoms with Crippen LogP contribution in [0.5, 0.6) is 0 Å². The number of hydrogen-bond donors (Lipinski definition) is 1. The van der Waals surface area contributed by atoms with Crippen molar-refractivity contribution < 1.29 is 4.74 Å². The molecule has 3 nitrogen and oxygen atoms in total. The zero-order valence-corrected chi connectivity index (χ0v) is 12.4. The fraction of sp³-hybridized carbons (Fsp3) is 1.00. The van der Waals surface area contributed by atoms with Crippen LogP contribution in [0.15, 0.2) is 0 Å². The van der Waals surface area contributed by atoms with Crippen LogP contribution in [-0.2, 0) is 4.74 Å². The van der Waals surface area contributed by atoms with Gasteiger partial charge in [-0.15, -0.1) is 0 Å². The largest absolute Gasteiger partial charge is 0.378 e. The molecule has 0 bridgehead atoms. The Balaban J connectivity index is 1.88. The van der Waals surface area contributed by atoms with E-state index >= 15 is 0 Å². The molecule has 1 saturated carbocycles. The number of ether oxygens (including phenoxy) is 1. The summed E-state index contributed by atoms with van der Waals surface area (Å²) in [5, 5.41) is 0. The Morgan fingerprint density at radius 1 is 1.22 bits per heavy atom. The Morgan fingerprint density at radius 2 is 1.83 bits per heavy atom. The summed E-state index contributed by atoms with van der Waals surface area (Å²) >= 11 is 0. The molecule has 0 aromatic carbocycles. The molecule has 1 aliphatic heterocycles. The normalized spacial score (nSPS) is 36.3. The van der Waals surface area contributed by atoms with Crippen molar-refractivity contribution in [2.45, 2.75) is 64.5 Å². The van der Waals surface area contributed by atoms with E-state index in [1.54, 1.807) is 0 Å². The zero-order valence-electron chi connectivity index (χ0n) is 12.4. The fourth-order valence-electron chi connectivity index (χ4n) is 3.57. The minimum Gasteiger partial charge on any atom is -0.378 e. The highest BCUT2D eigenvalue weighted by molar-refractivity contribution is 5.06. The quantitative estimate of drug-likeness (QED) is 0.819. The Kier molecular flexibility index (Phi) is 4.35. The molecule has 2 N–H and O–H groups in total. The van der Waals surface area contributed by atoms with Gasteiger partial charge in [-0.2, -0.15) is 0 Å². The molecular formula is C15H30N2O. The molecule has 0 unspecified atom stereocenters. The smallest absolute Gasteiger partial charge is 0.0611 e. The maximum atomic E-state index is 6.06. The van der Waals surface area contributed by atoms with E-state index in [9.17, 15) is 0 Å². The van der Waals surface area contributed by atoms with Crippen molar-refractivity contribution in [1.29, 1.82) is 0 Å². The molecule has 0 atom stereocenters. The van der Waals surface area contributed by atoms with E-state index in [4.69, 9.17) is 10.5 Å². The summed E-state index contributed by atoms with van der Waals surface area (Å²) in [6.07, 6.45) is 6.69. The molecule has 1 heterocycles. The Labute approximate surface area is 112 Å². The molecule has 0 aromatic rings. The average molecular weight is 254 g/mol. The number of nitrogens with two attached hydrogens (primary N) is 1. The van der Waals surface area contributed by atoms with E-state index in [2.05, 4.69) is 25.7 Å². The fourth-order valence-corrected chi connectivity index (χ4v) is 3.57. The first-order chi connectivity index (χ1) is 8.57. The van der Waals surface area contributed by atoms with Crippen molar-refractivity contribution in [1.82, 2.24) is 4.90 Å². The van der Waals surface area contributed by atoms with Crippen LogP contribution >= 0.6 is 0 Å². The van der Waals surface area contributed by atoms with E-state index in [1.165, 1.54) is 32.4 Å². The van der Waals surface area contributed by atoms with Gasteiger partial charge in [-0.1, -0.05) is 20.3 Å². The van der Waals surface area contributed by atoms with Gasteiger partial charge in [-0.05, 0) is 51.1 Å². The highest BCUT2D eigenvalue weighted by Crippen LogP contribution is 2.43. The minimum absolute atomic E-state index is 0.259. The predicted molar refractivity (Wildman–Crippen MR) is 75.6 cm³/mol. The Bertz CT molecular complexity index is 266. The third-order valence-corrected chi connectivity index (χ3v) is 5.49. The second-order valence-electron chi connectivity index (χ2n) is 6.57. The van der Waals surface area contributed by atoms with Crippen molar-refractivity contribution in [2.24, 2.45) is 11.1 Å². The van der Waals surface area contributed by atoms with Gasteiger partial charge in [-0.25, -0.2) is 0 Å². The summed E-state index contributed by atoms with van der Waals surface area (Å²) in [4.78, 5) is 2.65. The monoisotopic (exact) mass is 254 g/mol. The molecule has 0 amide bonds. The van der Waals surface area contributed by atoms with Gasteiger partial charge in [-0.3, -0.25) is 4.90 Å². The van der Waals surface area contributed by atoms with Gasteiger partial charge in [0, 0.05) is 18.7 Å². The van der Waals surface area contributed by atoms with Crippen LogP contribution in [0.25, 0.3) is 0 Å². The molecule has 0 spiro atoms. The molecule has 18 heavy (non-hydrogen) atoms. The summed E-state index contributed by atoms with van der Waals surface area (Å²) in [7, 11) is 0. The number of nitrogens with zero attached hydrogens (tertiary/aromatic N) is 1. The van der Waals surface area contributed by atoms with Crippen molar-refractivity contribution >= 4 is 0 Å². The van der Waals surface area contributed by atoms with Crippen LogP contribution in [0.2, 0.25) is 0 Å². The van der Waals surface area contributed by atoms with Gasteiger partial charge < -0.3 is 10.5 Å². The number of hydrogen-bond acceptors (Lipinski definition) is 3. The molecule has 1 saturated heterocycles. The molecule has 2 aliphatic rings. The molecule has 0 aromatic heterocycles. The number of rotatable bonds is 5. The van der Waals surface area contributed by atoms with Crippen LogP contribution in [0.3, 0.4) is 0 Å². The third kappa shape index (κ3) is 2.59. The van der Waals surface area contributed by atoms with Crippen LogP contribution in [0.4, 0.5) is 0 Å². The predicted octanol–water partition coefficient (Wildman–Crippen LogP) is 2.39. The first-order valence-corrected chi connectivity index (χ1v) is 7.64. The van der Waals surface area contributed by atoms with E-state index in [1.807, 2.05) is 0 Å². The van der Waals surface area contributed by atoms with Gasteiger partial charge in [0.05, 0.1) is 6.10 Å². The molecule has 106 valence electrons. The van der Waals surface area contributed by atoms with Crippen LogP contribution in [0, 0.1) is 5.41 Å². The highest BCUT2D eigenvalue weighted by atomic mass is 16.5. The van der Waals surface area contributed by atoms with Gasteiger partial charge in [0.25, 0.3) is 0 Å². The van der Waals surface area contributed by atoms with Gasteiger partial charge >= 0.3 is 0 Å². The lowest BCUT2D eigenvalue weighted by molar-refractivity contribution is -0.113. The van der Waals surface area contributed by atoms with E-state index < -0.39 is 0 Å². The SMILES string of the molecule is CCOC1CC(CN)(N2CCC(C)(CC)CC2)C1. The summed E-state index contributed by atoms with van der Waals surface area (Å²) < 4.78 is 5.71. The maximum absolute atomic E-state index is 6.06. The maximum Gasteiger partial charge on any atom is 0.0611 e. The zero-order chi connectivity index (χ0) is 13.2. The van der Waals surface area contributed by atoms with Crippen molar-refractivity contribution in [2.75, 3.05) is 26.2 Å². The summed E-state index contributed by atoms with van der Waals surface area (Å²) in [6, 6.07) is 0. The van der Waals surface area contributed by atoms with Crippen molar-refractivity contribution in [3.8, 4) is 0 Å². The lowest BCUT2D eigenvalue weighted by atomic mass is 9.70. The highest BCUT2D eigenvalue weighted by Gasteiger charge is 2.49. The molecule has 1 aliphatic carbocycles. The van der Waals surface area contributed by atoms with Crippen LogP contribution in [0.1, 0.15) is 52.9 Å². The number of piperidine rings is 1. The minimum atomic E-state index is 0.259. The van der Waals surface area contributed by atoms with Crippen molar-refractivity contribution in [3.63, 3.8) is 0 Å². The van der Waals surface area contributed by atoms with E-state index in [0.717, 1.165) is 26.0 Å². The third-order valence-electron chi connectivity index (χ3n) is 5.49. The molecule has 2 fully saturated rings. The Hall–Kier alpha value is -0.120. The molecule has 0 radical (unpaired) electrons. The van der Waals surface area contributed by atoms with Crippen LogP contribution < -0.4 is 5.73 Å². The van der Waals surface area contributed by atoms with Gasteiger partial charge in [0.15, 0.2) is 0 Å². The Morgan fingerprint density at radius 3 is 2.28 bits per heavy atom. The summed E-state index contributed by atoms with van der Waals surface area (Å²) in [5.41, 5.74) is 6.88. The first-order valence-electron chi connectivity index (χ1n) is 7.64. The van der Waals surface area contributed by atoms with E-state index in [0.29, 0.717) is 11.5 Å². The van der Waals surface area contributed by atoms with Gasteiger partial charge in [0.1, 0.15) is 0 Å². The lowest BCUT2D eigenvalue weighted by Crippen LogP contribution is -2.65. The summed E-state index contributed by atoms with van der Waals surface area (Å²) in [6.45, 7) is 10.9. The first kappa shape index (κ1) is 14.3. The van der Waals surface area contributed by atoms with Crippen molar-refractivity contribution in [3.05, 3.63) is 0 Å². The van der Waals surface area contributed by atoms with Crippen LogP contribution in [-0.4, -0.2) is 42.8 Å². The summed E-state index contributed by atoms with van der Waals surface area (Å²) in [5.74, 6) is 0. The second kappa shape index (κ2) is 5.48. The molecular weight excluding hydrogens is 224 g/mol. The number of likely N-dealkylation sites (tertiary alicyclic amines) is 1. The standard InChI is InChI=1S/C15H30N2O/c1-4-14(3)6-8-17(9-7-14)15(12-16)10-13(11-15)18-5-2/h13H,4-12,16H2,1-3H3. The second-order valence-corrected chi connectivity index (χ2v) is 6.57. The molecule has 2 rings (SSSR count). The van der Waals surface area contributed by atoms with E-state index in [-0.39, 0.29) is 5.54 Å². The topological polar surface area (TPSA) is 38.5 Å². The average Bonchev–Trinajstić information content (AvgIpc) is 2.35. The molecule has 3 heteroatoms. The lowest BCUT2D eigenvalue weighted by Gasteiger charge is -2.56. The van der Waals surface area contributed by atoms with Gasteiger partial charge in [0.2, 0.25) is 0 Å².